The number of nitrogens with one attached hydrogen (secondary N) is 1. The number of sulfonamides is 1. The second kappa shape index (κ2) is 9.23. The molecule has 8 nitrogen and oxygen atoms in total. The van der Waals surface area contributed by atoms with Gasteiger partial charge in [-0.15, -0.1) is 0 Å². The van der Waals surface area contributed by atoms with E-state index in [9.17, 15) is 13.2 Å². The first-order valence-electron chi connectivity index (χ1n) is 8.94. The fourth-order valence-electron chi connectivity index (χ4n) is 2.62. The maximum atomic E-state index is 12.5. The third-order valence-electron chi connectivity index (χ3n) is 4.14. The molecule has 0 unspecified atom stereocenters. The van der Waals surface area contributed by atoms with Gasteiger partial charge in [0.15, 0.2) is 11.5 Å². The Morgan fingerprint density at radius 2 is 1.90 bits per heavy atom. The maximum absolute atomic E-state index is 12.5. The molecular weight excluding hydrogens is 420 g/mol. The van der Waals surface area contributed by atoms with E-state index in [1.54, 1.807) is 42.5 Å². The van der Waals surface area contributed by atoms with E-state index in [2.05, 4.69) is 5.32 Å². The summed E-state index contributed by atoms with van der Waals surface area (Å²) in [5.74, 6) is 1.01. The van der Waals surface area contributed by atoms with Crippen molar-refractivity contribution in [3.63, 3.8) is 0 Å². The smallest absolute Gasteiger partial charge is 0.240 e. The summed E-state index contributed by atoms with van der Waals surface area (Å²) in [6.45, 7) is 1.71. The van der Waals surface area contributed by atoms with Crippen LogP contribution in [0.2, 0.25) is 5.02 Å². The summed E-state index contributed by atoms with van der Waals surface area (Å²) in [6.07, 6.45) is 0. The number of hydrogen-bond donors (Lipinski definition) is 1. The van der Waals surface area contributed by atoms with Crippen LogP contribution < -0.4 is 23.8 Å². The van der Waals surface area contributed by atoms with Crippen LogP contribution in [0.3, 0.4) is 0 Å². The molecule has 0 bridgehead atoms. The molecule has 0 radical (unpaired) electrons. The summed E-state index contributed by atoms with van der Waals surface area (Å²) < 4.78 is 42.1. The van der Waals surface area contributed by atoms with Crippen LogP contribution in [0.4, 0.5) is 5.69 Å². The minimum atomic E-state index is -3.67. The molecule has 156 valence electrons. The van der Waals surface area contributed by atoms with E-state index in [1.807, 2.05) is 0 Å². The zero-order chi connectivity index (χ0) is 20.9. The lowest BCUT2D eigenvalue weighted by Gasteiger charge is -2.23. The molecule has 0 fully saturated rings. The van der Waals surface area contributed by atoms with Gasteiger partial charge in [0, 0.05) is 11.1 Å². The first-order chi connectivity index (χ1) is 13.9. The molecule has 3 rings (SSSR count). The number of halogens is 1. The third kappa shape index (κ3) is 5.45. The summed E-state index contributed by atoms with van der Waals surface area (Å²) in [5, 5.41) is 3.26. The summed E-state index contributed by atoms with van der Waals surface area (Å²) >= 11 is 5.81. The average Bonchev–Trinajstić information content (AvgIpc) is 3.18. The van der Waals surface area contributed by atoms with Gasteiger partial charge in [0.05, 0.1) is 18.0 Å². The number of amides is 1. The van der Waals surface area contributed by atoms with E-state index in [4.69, 9.17) is 25.8 Å². The zero-order valence-corrected chi connectivity index (χ0v) is 17.3. The first-order valence-corrected chi connectivity index (χ1v) is 10.9. The molecule has 0 aromatic heterocycles. The lowest BCUT2D eigenvalue weighted by molar-refractivity contribution is -0.119. The molecule has 2 aromatic rings. The third-order valence-corrected chi connectivity index (χ3v) is 6.13. The fourth-order valence-corrected chi connectivity index (χ4v) is 3.81. The Morgan fingerprint density at radius 3 is 2.62 bits per heavy atom. The molecule has 1 aliphatic heterocycles. The topological polar surface area (TPSA) is 94.2 Å². The molecule has 0 saturated carbocycles. The zero-order valence-electron chi connectivity index (χ0n) is 15.8. The molecule has 29 heavy (non-hydrogen) atoms. The standard InChI is InChI=1S/C19H21ClN2O6S/c1-2-29(24,25)22(15-5-8-17-18(11-15)28-13-27-17)12-19(23)21-9-10-26-16-6-3-14(20)4-7-16/h3-8,11H,2,9-10,12-13H2,1H3,(H,21,23). The Balaban J connectivity index is 1.59. The van der Waals surface area contributed by atoms with Gasteiger partial charge in [-0.25, -0.2) is 8.42 Å². The van der Waals surface area contributed by atoms with Crippen LogP contribution in [-0.2, 0) is 14.8 Å². The number of nitrogens with zero attached hydrogens (tertiary/aromatic N) is 1. The highest BCUT2D eigenvalue weighted by Crippen LogP contribution is 2.36. The van der Waals surface area contributed by atoms with Gasteiger partial charge in [-0.2, -0.15) is 0 Å². The Bertz CT molecular complexity index is 965. The minimum absolute atomic E-state index is 0.0768. The van der Waals surface area contributed by atoms with Crippen molar-refractivity contribution in [1.82, 2.24) is 5.32 Å². The predicted octanol–water partition coefficient (Wildman–Crippen LogP) is 2.42. The Labute approximate surface area is 174 Å². The summed E-state index contributed by atoms with van der Waals surface area (Å²) in [4.78, 5) is 12.3. The summed E-state index contributed by atoms with van der Waals surface area (Å²) in [5.41, 5.74) is 0.337. The molecule has 0 spiro atoms. The van der Waals surface area contributed by atoms with Crippen LogP contribution in [0.5, 0.6) is 17.2 Å². The van der Waals surface area contributed by atoms with E-state index in [0.717, 1.165) is 4.31 Å². The molecule has 1 aliphatic rings. The van der Waals surface area contributed by atoms with Crippen LogP contribution in [0, 0.1) is 0 Å². The summed E-state index contributed by atoms with van der Waals surface area (Å²) in [7, 11) is -3.67. The molecule has 0 aliphatic carbocycles. The van der Waals surface area contributed by atoms with Gasteiger partial charge in [-0.05, 0) is 43.3 Å². The largest absolute Gasteiger partial charge is 0.492 e. The van der Waals surface area contributed by atoms with Gasteiger partial charge in [-0.1, -0.05) is 11.6 Å². The molecule has 0 atom stereocenters. The number of rotatable bonds is 9. The van der Waals surface area contributed by atoms with E-state index in [1.165, 1.54) is 6.92 Å². The van der Waals surface area contributed by atoms with Crippen molar-refractivity contribution in [1.29, 1.82) is 0 Å². The van der Waals surface area contributed by atoms with Crippen molar-refractivity contribution >= 4 is 33.2 Å². The minimum Gasteiger partial charge on any atom is -0.492 e. The monoisotopic (exact) mass is 440 g/mol. The van der Waals surface area contributed by atoms with Crippen molar-refractivity contribution in [2.75, 3.05) is 36.5 Å². The average molecular weight is 441 g/mol. The molecule has 1 amide bonds. The Kier molecular flexibility index (Phi) is 6.71. The lowest BCUT2D eigenvalue weighted by atomic mass is 10.3. The highest BCUT2D eigenvalue weighted by Gasteiger charge is 2.25. The van der Waals surface area contributed by atoms with Crippen molar-refractivity contribution in [2.24, 2.45) is 0 Å². The van der Waals surface area contributed by atoms with E-state index in [0.29, 0.717) is 28.0 Å². The lowest BCUT2D eigenvalue weighted by Crippen LogP contribution is -2.42. The molecule has 10 heteroatoms. The SMILES string of the molecule is CCS(=O)(=O)N(CC(=O)NCCOc1ccc(Cl)cc1)c1ccc2c(c1)OCO2. The van der Waals surface area contributed by atoms with Gasteiger partial charge < -0.3 is 19.5 Å². The van der Waals surface area contributed by atoms with Crippen LogP contribution in [0.25, 0.3) is 0 Å². The van der Waals surface area contributed by atoms with Gasteiger partial charge in [0.25, 0.3) is 0 Å². The van der Waals surface area contributed by atoms with Crippen molar-refractivity contribution in [2.45, 2.75) is 6.92 Å². The number of fused-ring (bicyclic) bond motifs is 1. The molecule has 1 N–H and O–H groups in total. The quantitative estimate of drug-likeness (QED) is 0.602. The fraction of sp³-hybridized carbons (Fsp3) is 0.316. The highest BCUT2D eigenvalue weighted by molar-refractivity contribution is 7.92. The Morgan fingerprint density at radius 1 is 1.17 bits per heavy atom. The predicted molar refractivity (Wildman–Crippen MR) is 109 cm³/mol. The van der Waals surface area contributed by atoms with Crippen LogP contribution in [-0.4, -0.2) is 46.6 Å². The second-order valence-electron chi connectivity index (χ2n) is 6.10. The first kappa shape index (κ1) is 21.1. The van der Waals surface area contributed by atoms with Crippen LogP contribution >= 0.6 is 11.6 Å². The second-order valence-corrected chi connectivity index (χ2v) is 8.72. The normalized spacial score (nSPS) is 12.5. The van der Waals surface area contributed by atoms with E-state index in [-0.39, 0.29) is 32.2 Å². The number of benzene rings is 2. The van der Waals surface area contributed by atoms with E-state index < -0.39 is 15.9 Å². The molecule has 2 aromatic carbocycles. The van der Waals surface area contributed by atoms with Crippen molar-refractivity contribution in [3.8, 4) is 17.2 Å². The van der Waals surface area contributed by atoms with Crippen molar-refractivity contribution in [3.05, 3.63) is 47.5 Å². The Hall–Kier alpha value is -2.65. The van der Waals surface area contributed by atoms with Gasteiger partial charge in [0.2, 0.25) is 22.7 Å². The maximum Gasteiger partial charge on any atom is 0.240 e. The van der Waals surface area contributed by atoms with Gasteiger partial charge in [0.1, 0.15) is 18.9 Å². The number of carbonyl (C=O) groups is 1. The van der Waals surface area contributed by atoms with Crippen LogP contribution in [0.15, 0.2) is 42.5 Å². The number of hydrogen-bond acceptors (Lipinski definition) is 6. The number of carbonyl (C=O) groups excluding carboxylic acids is 1. The van der Waals surface area contributed by atoms with Gasteiger partial charge >= 0.3 is 0 Å². The van der Waals surface area contributed by atoms with Gasteiger partial charge in [-0.3, -0.25) is 9.10 Å². The highest BCUT2D eigenvalue weighted by atomic mass is 35.5. The molecule has 0 saturated heterocycles. The summed E-state index contributed by atoms with van der Waals surface area (Å²) in [6, 6.07) is 11.6. The van der Waals surface area contributed by atoms with Crippen molar-refractivity contribution < 1.29 is 27.4 Å². The number of ether oxygens (including phenoxy) is 3. The van der Waals surface area contributed by atoms with Crippen LogP contribution in [0.1, 0.15) is 6.92 Å². The number of anilines is 1. The molecular formula is C19H21ClN2O6S. The molecule has 1 heterocycles. The van der Waals surface area contributed by atoms with E-state index >= 15 is 0 Å².